The van der Waals surface area contributed by atoms with Crippen LogP contribution in [0.1, 0.15) is 32.3 Å². The summed E-state index contributed by atoms with van der Waals surface area (Å²) < 4.78 is 10.8. The number of rotatable bonds is 7. The fraction of sp³-hybridized carbons (Fsp3) is 0.600. The Morgan fingerprint density at radius 3 is 2.68 bits per heavy atom. The van der Waals surface area contributed by atoms with Crippen LogP contribution in [0.15, 0.2) is 29.3 Å². The summed E-state index contributed by atoms with van der Waals surface area (Å²) in [6.45, 7) is 9.64. The zero-order chi connectivity index (χ0) is 19.5. The maximum atomic E-state index is 11.8. The Bertz CT molecular complexity index is 619. The van der Waals surface area contributed by atoms with E-state index in [1.54, 1.807) is 4.90 Å². The molecule has 1 aliphatic rings. The number of nitrogens with one attached hydrogen (secondary N) is 2. The lowest BCUT2D eigenvalue weighted by atomic mass is 10.1. The summed E-state index contributed by atoms with van der Waals surface area (Å²) >= 11 is 0. The Hall–Kier alpha value is -1.71. The third-order valence-corrected chi connectivity index (χ3v) is 4.33. The molecule has 1 aromatic rings. The quantitative estimate of drug-likeness (QED) is 0.258. The second-order valence-electron chi connectivity index (χ2n) is 6.53. The van der Waals surface area contributed by atoms with Gasteiger partial charge >= 0.3 is 6.09 Å². The van der Waals surface area contributed by atoms with Crippen LogP contribution in [0.5, 0.6) is 5.75 Å². The number of nitrogens with zero attached hydrogens (tertiary/aromatic N) is 2. The van der Waals surface area contributed by atoms with Crippen molar-refractivity contribution in [3.05, 3.63) is 29.8 Å². The maximum Gasteiger partial charge on any atom is 0.409 e. The van der Waals surface area contributed by atoms with E-state index in [4.69, 9.17) is 9.47 Å². The first-order chi connectivity index (χ1) is 13.1. The first-order valence-corrected chi connectivity index (χ1v) is 9.78. The van der Waals surface area contributed by atoms with Crippen LogP contribution in [0.25, 0.3) is 0 Å². The normalized spacial score (nSPS) is 14.8. The van der Waals surface area contributed by atoms with Crippen molar-refractivity contribution >= 4 is 36.0 Å². The molecule has 8 heteroatoms. The first-order valence-electron chi connectivity index (χ1n) is 9.78. The molecule has 1 aliphatic heterocycles. The Morgan fingerprint density at radius 2 is 2.04 bits per heavy atom. The number of carbonyl (C=O) groups is 1. The molecule has 28 heavy (non-hydrogen) atoms. The van der Waals surface area contributed by atoms with Gasteiger partial charge in [-0.2, -0.15) is 0 Å². The highest BCUT2D eigenvalue weighted by molar-refractivity contribution is 14.0. The van der Waals surface area contributed by atoms with E-state index in [2.05, 4.69) is 15.6 Å². The molecule has 7 nitrogen and oxygen atoms in total. The van der Waals surface area contributed by atoms with Gasteiger partial charge in [0.05, 0.1) is 13.2 Å². The summed E-state index contributed by atoms with van der Waals surface area (Å²) in [5, 5.41) is 6.73. The average Bonchev–Trinajstić information content (AvgIpc) is 2.66. The van der Waals surface area contributed by atoms with E-state index in [9.17, 15) is 4.79 Å². The minimum Gasteiger partial charge on any atom is -0.492 e. The van der Waals surface area contributed by atoms with Crippen LogP contribution in [-0.2, 0) is 4.74 Å². The van der Waals surface area contributed by atoms with Gasteiger partial charge in [0, 0.05) is 25.7 Å². The van der Waals surface area contributed by atoms with Crippen LogP contribution in [-0.4, -0.2) is 62.4 Å². The average molecular weight is 504 g/mol. The summed E-state index contributed by atoms with van der Waals surface area (Å²) in [6.07, 6.45) is 1.54. The van der Waals surface area contributed by atoms with Gasteiger partial charge in [-0.05, 0) is 51.3 Å². The summed E-state index contributed by atoms with van der Waals surface area (Å²) in [6, 6.07) is 8.31. The molecule has 1 fully saturated rings. The molecular weight excluding hydrogens is 471 g/mol. The summed E-state index contributed by atoms with van der Waals surface area (Å²) in [4.78, 5) is 18.1. The van der Waals surface area contributed by atoms with Crippen molar-refractivity contribution in [3.8, 4) is 5.75 Å². The van der Waals surface area contributed by atoms with Gasteiger partial charge in [0.15, 0.2) is 5.96 Å². The van der Waals surface area contributed by atoms with Crippen molar-refractivity contribution in [2.75, 3.05) is 39.4 Å². The largest absolute Gasteiger partial charge is 0.492 e. The highest BCUT2D eigenvalue weighted by atomic mass is 127. The number of aryl methyl sites for hydroxylation is 1. The van der Waals surface area contributed by atoms with Crippen molar-refractivity contribution in [1.29, 1.82) is 0 Å². The highest BCUT2D eigenvalue weighted by Crippen LogP contribution is 2.12. The molecule has 0 saturated carbocycles. The topological polar surface area (TPSA) is 75.2 Å². The van der Waals surface area contributed by atoms with Crippen molar-refractivity contribution in [2.45, 2.75) is 39.7 Å². The third kappa shape index (κ3) is 8.53. The Labute approximate surface area is 185 Å². The number of benzene rings is 1. The number of carbonyl (C=O) groups excluding carboxylic acids is 1. The summed E-state index contributed by atoms with van der Waals surface area (Å²) in [5.74, 6) is 1.66. The van der Waals surface area contributed by atoms with Crippen LogP contribution in [0.4, 0.5) is 4.79 Å². The van der Waals surface area contributed by atoms with E-state index in [0.717, 1.165) is 31.1 Å². The first kappa shape index (κ1) is 24.3. The molecule has 0 atom stereocenters. The Balaban J connectivity index is 0.00000392. The van der Waals surface area contributed by atoms with Crippen molar-refractivity contribution in [2.24, 2.45) is 4.99 Å². The predicted molar refractivity (Wildman–Crippen MR) is 123 cm³/mol. The van der Waals surface area contributed by atoms with Crippen LogP contribution >= 0.6 is 24.0 Å². The zero-order valence-corrected chi connectivity index (χ0v) is 19.4. The van der Waals surface area contributed by atoms with Crippen LogP contribution in [0, 0.1) is 6.92 Å². The lowest BCUT2D eigenvalue weighted by Gasteiger charge is -2.32. The van der Waals surface area contributed by atoms with Gasteiger partial charge in [0.1, 0.15) is 12.4 Å². The molecule has 1 amide bonds. The van der Waals surface area contributed by atoms with Crippen molar-refractivity contribution in [1.82, 2.24) is 15.5 Å². The van der Waals surface area contributed by atoms with E-state index in [1.807, 2.05) is 45.0 Å². The molecule has 1 saturated heterocycles. The Morgan fingerprint density at radius 1 is 1.29 bits per heavy atom. The minimum absolute atomic E-state index is 0. The van der Waals surface area contributed by atoms with Gasteiger partial charge in [-0.3, -0.25) is 0 Å². The molecule has 0 bridgehead atoms. The van der Waals surface area contributed by atoms with Crippen LogP contribution in [0.2, 0.25) is 0 Å². The van der Waals surface area contributed by atoms with E-state index >= 15 is 0 Å². The van der Waals surface area contributed by atoms with Gasteiger partial charge in [-0.1, -0.05) is 12.1 Å². The number of halogens is 1. The second kappa shape index (κ2) is 13.5. The fourth-order valence-corrected chi connectivity index (χ4v) is 2.96. The molecule has 0 spiro atoms. The number of hydrogen-bond acceptors (Lipinski definition) is 4. The lowest BCUT2D eigenvalue weighted by Crippen LogP contribution is -2.50. The van der Waals surface area contributed by atoms with Gasteiger partial charge in [0.25, 0.3) is 0 Å². The molecule has 158 valence electrons. The predicted octanol–water partition coefficient (Wildman–Crippen LogP) is 3.17. The van der Waals surface area contributed by atoms with E-state index in [0.29, 0.717) is 38.9 Å². The van der Waals surface area contributed by atoms with Gasteiger partial charge < -0.3 is 25.0 Å². The van der Waals surface area contributed by atoms with Crippen molar-refractivity contribution in [3.63, 3.8) is 0 Å². The third-order valence-electron chi connectivity index (χ3n) is 4.33. The molecule has 0 aromatic heterocycles. The van der Waals surface area contributed by atoms with Crippen LogP contribution in [0.3, 0.4) is 0 Å². The molecule has 2 N–H and O–H groups in total. The molecule has 1 aromatic carbocycles. The summed E-state index contributed by atoms with van der Waals surface area (Å²) in [5.41, 5.74) is 1.18. The smallest absolute Gasteiger partial charge is 0.409 e. The zero-order valence-electron chi connectivity index (χ0n) is 17.1. The lowest BCUT2D eigenvalue weighted by molar-refractivity contribution is 0.0963. The number of guanidine groups is 1. The molecular formula is C20H33IN4O3. The standard InChI is InChI=1S/C20H32N4O3.HI/c1-4-21-19(22-11-14-27-18-8-6-7-16(3)15-18)23-17-9-12-24(13-10-17)20(25)26-5-2;/h6-8,15,17H,4-5,9-14H2,1-3H3,(H2,21,22,23);1H. The Kier molecular flexibility index (Phi) is 11.7. The monoisotopic (exact) mass is 504 g/mol. The van der Waals surface area contributed by atoms with Gasteiger partial charge in [-0.25, -0.2) is 9.79 Å². The molecule has 0 unspecified atom stereocenters. The molecule has 0 radical (unpaired) electrons. The number of amides is 1. The molecule has 1 heterocycles. The molecule has 0 aliphatic carbocycles. The SMILES string of the molecule is CCNC(=NCCOc1cccc(C)c1)NC1CCN(C(=O)OCC)CC1.I. The highest BCUT2D eigenvalue weighted by Gasteiger charge is 2.23. The number of ether oxygens (including phenoxy) is 2. The number of piperidine rings is 1. The second-order valence-corrected chi connectivity index (χ2v) is 6.53. The molecule has 2 rings (SSSR count). The fourth-order valence-electron chi connectivity index (χ4n) is 2.96. The number of hydrogen-bond donors (Lipinski definition) is 2. The van der Waals surface area contributed by atoms with Crippen LogP contribution < -0.4 is 15.4 Å². The van der Waals surface area contributed by atoms with E-state index < -0.39 is 0 Å². The van der Waals surface area contributed by atoms with Gasteiger partial charge in [-0.15, -0.1) is 24.0 Å². The minimum atomic E-state index is -0.218. The van der Waals surface area contributed by atoms with E-state index in [1.165, 1.54) is 5.56 Å². The van der Waals surface area contributed by atoms with E-state index in [-0.39, 0.29) is 30.1 Å². The van der Waals surface area contributed by atoms with Gasteiger partial charge in [0.2, 0.25) is 0 Å². The van der Waals surface area contributed by atoms with Crippen molar-refractivity contribution < 1.29 is 14.3 Å². The summed E-state index contributed by atoms with van der Waals surface area (Å²) in [7, 11) is 0. The maximum absolute atomic E-state index is 11.8. The number of likely N-dealkylation sites (tertiary alicyclic amines) is 1. The number of aliphatic imine (C=N–C) groups is 1.